The Morgan fingerprint density at radius 2 is 1.68 bits per heavy atom. The summed E-state index contributed by atoms with van der Waals surface area (Å²) in [6, 6.07) is 12.0. The zero-order valence-electron chi connectivity index (χ0n) is 11.4. The van der Waals surface area contributed by atoms with E-state index >= 15 is 0 Å². The van der Waals surface area contributed by atoms with Crippen LogP contribution in [-0.4, -0.2) is 0 Å². The Kier molecular flexibility index (Phi) is 5.07. The van der Waals surface area contributed by atoms with Gasteiger partial charge in [0.05, 0.1) is 0 Å². The summed E-state index contributed by atoms with van der Waals surface area (Å²) in [6.45, 7) is 6.13. The van der Waals surface area contributed by atoms with Gasteiger partial charge in [-0.25, -0.2) is 0 Å². The first-order valence-corrected chi connectivity index (χ1v) is 5.96. The maximum absolute atomic E-state index is 5.77. The summed E-state index contributed by atoms with van der Waals surface area (Å²) in [5.74, 6) is 0. The molecule has 0 unspecified atom stereocenters. The average molecular weight is 276 g/mol. The third-order valence-electron chi connectivity index (χ3n) is 2.94. The lowest BCUT2D eigenvalue weighted by Gasteiger charge is -1.98. The molecule has 0 aromatic heterocycles. The van der Waals surface area contributed by atoms with Crippen LogP contribution in [0.15, 0.2) is 41.5 Å². The van der Waals surface area contributed by atoms with Crippen molar-refractivity contribution < 1.29 is 17.5 Å². The molecule has 0 heterocycles. The maximum atomic E-state index is 5.77. The van der Waals surface area contributed by atoms with Crippen molar-refractivity contribution in [3.63, 3.8) is 0 Å². The van der Waals surface area contributed by atoms with E-state index < -0.39 is 0 Å². The van der Waals surface area contributed by atoms with Crippen molar-refractivity contribution in [3.05, 3.63) is 53.1 Å². The van der Waals surface area contributed by atoms with Gasteiger partial charge in [-0.15, -0.1) is 0 Å². The molecule has 4 heteroatoms. The van der Waals surface area contributed by atoms with Gasteiger partial charge in [0.2, 0.25) is 5.69 Å². The molecule has 0 aliphatic carbocycles. The van der Waals surface area contributed by atoms with Gasteiger partial charge in [-0.2, -0.15) is 0 Å². The van der Waals surface area contributed by atoms with E-state index in [4.69, 9.17) is 5.73 Å². The number of nitrogens with zero attached hydrogens (tertiary/aromatic N) is 1. The molecule has 0 bridgehead atoms. The number of nitrogens with one attached hydrogen (secondary N) is 1. The van der Waals surface area contributed by atoms with Crippen molar-refractivity contribution in [3.8, 4) is 0 Å². The first-order chi connectivity index (χ1) is 8.56. The monoisotopic (exact) mass is 275 g/mol. The summed E-state index contributed by atoms with van der Waals surface area (Å²) in [7, 11) is 0. The lowest BCUT2D eigenvalue weighted by Crippen LogP contribution is -3.00. The number of aryl methyl sites for hydroxylation is 3. The van der Waals surface area contributed by atoms with Gasteiger partial charge in [0.15, 0.2) is 0 Å². The van der Waals surface area contributed by atoms with Crippen molar-refractivity contribution in [1.82, 2.24) is 0 Å². The fourth-order valence-corrected chi connectivity index (χ4v) is 1.79. The zero-order valence-corrected chi connectivity index (χ0v) is 12.1. The van der Waals surface area contributed by atoms with Crippen LogP contribution in [0, 0.1) is 20.8 Å². The summed E-state index contributed by atoms with van der Waals surface area (Å²) < 4.78 is 0. The van der Waals surface area contributed by atoms with Gasteiger partial charge in [-0.05, 0) is 55.7 Å². The normalized spacial score (nSPS) is 10.5. The minimum absolute atomic E-state index is 0. The highest BCUT2D eigenvalue weighted by molar-refractivity contribution is 5.53. The molecule has 3 N–H and O–H groups in total. The fourth-order valence-electron chi connectivity index (χ4n) is 1.79. The van der Waals surface area contributed by atoms with E-state index in [-0.39, 0.29) is 12.4 Å². The molecule has 0 saturated heterocycles. The molecule has 0 aliphatic heterocycles. The average Bonchev–Trinajstić information content (AvgIpc) is 2.32. The molecule has 0 radical (unpaired) electrons. The molecule has 0 aliphatic rings. The van der Waals surface area contributed by atoms with Crippen LogP contribution in [0.4, 0.5) is 17.1 Å². The van der Waals surface area contributed by atoms with E-state index in [0.29, 0.717) is 0 Å². The fraction of sp³-hybridized carbons (Fsp3) is 0.200. The molecule has 19 heavy (non-hydrogen) atoms. The molecule has 2 aromatic rings. The Balaban J connectivity index is 0.00000180. The van der Waals surface area contributed by atoms with Crippen molar-refractivity contribution >= 4 is 17.1 Å². The lowest BCUT2D eigenvalue weighted by atomic mass is 10.1. The quantitative estimate of drug-likeness (QED) is 0.574. The van der Waals surface area contributed by atoms with E-state index in [1.165, 1.54) is 11.1 Å². The molecule has 2 rings (SSSR count). The van der Waals surface area contributed by atoms with E-state index in [0.717, 1.165) is 22.6 Å². The van der Waals surface area contributed by atoms with Crippen LogP contribution in [0.5, 0.6) is 0 Å². The number of benzene rings is 2. The molecule has 0 amide bonds. The standard InChI is InChI=1S/C15H17N3.ClH/c1-10-4-7-15(12(3)8-10)18-17-13-5-6-14(16)11(2)9-13;/h4-9H,16H2,1-3H3;1H. The molecule has 0 fully saturated rings. The maximum Gasteiger partial charge on any atom is 0.232 e. The molecular formula is C15H18ClN3. The Morgan fingerprint density at radius 3 is 2.32 bits per heavy atom. The molecular weight excluding hydrogens is 258 g/mol. The Labute approximate surface area is 120 Å². The summed E-state index contributed by atoms with van der Waals surface area (Å²) in [5, 5.41) is 7.45. The molecule has 0 saturated carbocycles. The van der Waals surface area contributed by atoms with Crippen LogP contribution in [0.2, 0.25) is 0 Å². The van der Waals surface area contributed by atoms with E-state index in [1.54, 1.807) is 0 Å². The smallest absolute Gasteiger partial charge is 0.232 e. The Bertz CT molecular complexity index is 606. The number of halogens is 1. The number of hydrogen-bond acceptors (Lipinski definition) is 2. The number of anilines is 1. The second-order valence-electron chi connectivity index (χ2n) is 4.58. The minimum atomic E-state index is 0. The van der Waals surface area contributed by atoms with Gasteiger partial charge in [0, 0.05) is 17.3 Å². The van der Waals surface area contributed by atoms with Gasteiger partial charge in [0.25, 0.3) is 0 Å². The van der Waals surface area contributed by atoms with E-state index in [9.17, 15) is 0 Å². The Hall–Kier alpha value is -1.87. The van der Waals surface area contributed by atoms with Crippen LogP contribution in [0.25, 0.3) is 0 Å². The number of nitrogens with two attached hydrogens (primary N) is 1. The third-order valence-corrected chi connectivity index (χ3v) is 2.94. The predicted molar refractivity (Wildman–Crippen MR) is 74.2 cm³/mol. The van der Waals surface area contributed by atoms with Crippen molar-refractivity contribution in [2.45, 2.75) is 20.8 Å². The summed E-state index contributed by atoms with van der Waals surface area (Å²) in [6.07, 6.45) is 0. The molecule has 0 atom stereocenters. The first-order valence-electron chi connectivity index (χ1n) is 5.96. The van der Waals surface area contributed by atoms with Gasteiger partial charge in [-0.3, -0.25) is 0 Å². The summed E-state index contributed by atoms with van der Waals surface area (Å²) in [5.41, 5.74) is 11.9. The summed E-state index contributed by atoms with van der Waals surface area (Å²) >= 11 is 0. The van der Waals surface area contributed by atoms with Gasteiger partial charge < -0.3 is 18.1 Å². The zero-order chi connectivity index (χ0) is 13.1. The van der Waals surface area contributed by atoms with Gasteiger partial charge >= 0.3 is 0 Å². The predicted octanol–water partition coefficient (Wildman–Crippen LogP) is -0.306. The van der Waals surface area contributed by atoms with Crippen molar-refractivity contribution in [2.75, 3.05) is 5.73 Å². The van der Waals surface area contributed by atoms with Crippen LogP contribution in [-0.2, 0) is 0 Å². The molecule has 0 spiro atoms. The second-order valence-corrected chi connectivity index (χ2v) is 4.58. The van der Waals surface area contributed by atoms with Crippen molar-refractivity contribution in [2.24, 2.45) is 5.11 Å². The molecule has 3 nitrogen and oxygen atoms in total. The highest BCUT2D eigenvalue weighted by atomic mass is 35.5. The summed E-state index contributed by atoms with van der Waals surface area (Å²) in [4.78, 5) is 0. The highest BCUT2D eigenvalue weighted by Gasteiger charge is 2.03. The number of nitrogen functional groups attached to an aromatic ring is 1. The van der Waals surface area contributed by atoms with Gasteiger partial charge in [-0.1, -0.05) is 16.7 Å². The van der Waals surface area contributed by atoms with Crippen LogP contribution < -0.4 is 23.3 Å². The first kappa shape index (κ1) is 15.2. The molecule has 2 aromatic carbocycles. The van der Waals surface area contributed by atoms with E-state index in [2.05, 4.69) is 36.2 Å². The van der Waals surface area contributed by atoms with Crippen molar-refractivity contribution in [1.29, 1.82) is 0 Å². The SMILES string of the molecule is Cc1ccc([NH+]=Nc2ccc(N)c(C)c2)c(C)c1.[Cl-]. The topological polar surface area (TPSA) is 52.3 Å². The minimum Gasteiger partial charge on any atom is -1.00 e. The number of rotatable bonds is 2. The largest absolute Gasteiger partial charge is 1.00 e. The van der Waals surface area contributed by atoms with E-state index in [1.807, 2.05) is 31.2 Å². The second kappa shape index (κ2) is 6.34. The third kappa shape index (κ3) is 3.80. The lowest BCUT2D eigenvalue weighted by molar-refractivity contribution is -0.433. The molecule has 100 valence electrons. The number of azo groups is 1. The number of hydrogen-bond donors (Lipinski definition) is 2. The van der Waals surface area contributed by atoms with Crippen LogP contribution >= 0.6 is 0 Å². The van der Waals surface area contributed by atoms with Crippen LogP contribution in [0.3, 0.4) is 0 Å². The van der Waals surface area contributed by atoms with Crippen LogP contribution in [0.1, 0.15) is 16.7 Å². The van der Waals surface area contributed by atoms with Gasteiger partial charge in [0.1, 0.15) is 5.69 Å². The Morgan fingerprint density at radius 1 is 0.947 bits per heavy atom. The highest BCUT2D eigenvalue weighted by Crippen LogP contribution is 2.18.